The number of hydrogen-bond donors (Lipinski definition) is 2. The summed E-state index contributed by atoms with van der Waals surface area (Å²) in [5.41, 5.74) is 0.372. The van der Waals surface area contributed by atoms with E-state index in [9.17, 15) is 14.7 Å². The molecule has 0 aliphatic rings. The van der Waals surface area contributed by atoms with Crippen molar-refractivity contribution in [3.8, 4) is 0 Å². The number of nitrogens with zero attached hydrogens (tertiary/aromatic N) is 1. The molecule has 0 spiro atoms. The van der Waals surface area contributed by atoms with Crippen LogP contribution in [0.2, 0.25) is 0 Å². The number of aliphatic hydroxyl groups excluding tert-OH is 1. The molecule has 1 rings (SSSR count). The van der Waals surface area contributed by atoms with Crippen molar-refractivity contribution in [2.45, 2.75) is 45.9 Å². The number of hydrogen-bond acceptors (Lipinski definition) is 4. The van der Waals surface area contributed by atoms with Crippen LogP contribution in [0.5, 0.6) is 0 Å². The number of nitrogens with one attached hydrogen (secondary N) is 1. The first-order valence-corrected chi connectivity index (χ1v) is 6.64. The molecular formula is C14H22N2O4. The summed E-state index contributed by atoms with van der Waals surface area (Å²) in [5.74, 6) is -0.585. The highest BCUT2D eigenvalue weighted by molar-refractivity contribution is 5.97. The second-order valence-corrected chi connectivity index (χ2v) is 5.14. The highest BCUT2D eigenvalue weighted by atomic mass is 16.3. The smallest absolute Gasteiger partial charge is 0.255 e. The van der Waals surface area contributed by atoms with Crippen molar-refractivity contribution in [1.82, 2.24) is 10.2 Å². The van der Waals surface area contributed by atoms with Crippen molar-refractivity contribution in [3.63, 3.8) is 0 Å². The third-order valence-corrected chi connectivity index (χ3v) is 2.87. The number of aliphatic hydroxyl groups is 1. The maximum atomic E-state index is 12.3. The Morgan fingerprint density at radius 3 is 2.45 bits per heavy atom. The normalized spacial score (nSPS) is 13.9. The van der Waals surface area contributed by atoms with Gasteiger partial charge in [0.2, 0.25) is 5.91 Å². The van der Waals surface area contributed by atoms with E-state index in [4.69, 9.17) is 4.42 Å². The largest absolute Gasteiger partial charge is 0.472 e. The standard InChI is InChI=1S/C14H22N2O4/c1-9(2)16(7-10(3)17)14(19)11(4)15-13(18)12-5-6-20-8-12/h5-6,8-11,17H,7H2,1-4H3,(H,15,18). The molecule has 0 aliphatic carbocycles. The van der Waals surface area contributed by atoms with Gasteiger partial charge in [-0.25, -0.2) is 0 Å². The van der Waals surface area contributed by atoms with Gasteiger partial charge in [-0.1, -0.05) is 0 Å². The monoisotopic (exact) mass is 282 g/mol. The molecule has 0 fully saturated rings. The van der Waals surface area contributed by atoms with Crippen molar-refractivity contribution in [2.24, 2.45) is 0 Å². The van der Waals surface area contributed by atoms with Crippen LogP contribution in [-0.4, -0.2) is 46.6 Å². The number of carbonyl (C=O) groups is 2. The molecule has 112 valence electrons. The molecule has 0 bridgehead atoms. The molecule has 2 N–H and O–H groups in total. The summed E-state index contributed by atoms with van der Waals surface area (Å²) in [4.78, 5) is 25.7. The van der Waals surface area contributed by atoms with Crippen LogP contribution in [0, 0.1) is 0 Å². The minimum absolute atomic E-state index is 0.0506. The molecular weight excluding hydrogens is 260 g/mol. The predicted molar refractivity (Wildman–Crippen MR) is 74.2 cm³/mol. The van der Waals surface area contributed by atoms with Crippen LogP contribution in [-0.2, 0) is 4.79 Å². The maximum absolute atomic E-state index is 12.3. The number of rotatable bonds is 6. The van der Waals surface area contributed by atoms with Crippen molar-refractivity contribution < 1.29 is 19.1 Å². The van der Waals surface area contributed by atoms with E-state index in [1.165, 1.54) is 18.6 Å². The molecule has 0 aliphatic heterocycles. The third kappa shape index (κ3) is 4.38. The highest BCUT2D eigenvalue weighted by Gasteiger charge is 2.25. The lowest BCUT2D eigenvalue weighted by Crippen LogP contribution is -2.51. The van der Waals surface area contributed by atoms with Crippen LogP contribution in [0.4, 0.5) is 0 Å². The van der Waals surface area contributed by atoms with E-state index in [-0.39, 0.29) is 24.4 Å². The van der Waals surface area contributed by atoms with E-state index < -0.39 is 12.1 Å². The Bertz CT molecular complexity index is 440. The Labute approximate surface area is 118 Å². The van der Waals surface area contributed by atoms with Gasteiger partial charge in [0.15, 0.2) is 0 Å². The fourth-order valence-corrected chi connectivity index (χ4v) is 1.82. The molecule has 2 atom stereocenters. The van der Waals surface area contributed by atoms with E-state index in [0.717, 1.165) is 0 Å². The van der Waals surface area contributed by atoms with Gasteiger partial charge in [-0.2, -0.15) is 0 Å². The molecule has 6 nitrogen and oxygen atoms in total. The van der Waals surface area contributed by atoms with Gasteiger partial charge in [0.25, 0.3) is 5.91 Å². The topological polar surface area (TPSA) is 82.8 Å². The summed E-state index contributed by atoms with van der Waals surface area (Å²) >= 11 is 0. The third-order valence-electron chi connectivity index (χ3n) is 2.87. The minimum Gasteiger partial charge on any atom is -0.472 e. The van der Waals surface area contributed by atoms with Gasteiger partial charge in [0.05, 0.1) is 17.9 Å². The maximum Gasteiger partial charge on any atom is 0.255 e. The summed E-state index contributed by atoms with van der Waals surface area (Å²) in [6.07, 6.45) is 2.11. The molecule has 0 radical (unpaired) electrons. The average Bonchev–Trinajstić information content (AvgIpc) is 2.88. The van der Waals surface area contributed by atoms with Crippen molar-refractivity contribution in [3.05, 3.63) is 24.2 Å². The molecule has 2 unspecified atom stereocenters. The molecule has 2 amide bonds. The van der Waals surface area contributed by atoms with E-state index in [0.29, 0.717) is 5.56 Å². The van der Waals surface area contributed by atoms with Crippen molar-refractivity contribution >= 4 is 11.8 Å². The molecule has 0 saturated carbocycles. The second kappa shape index (κ2) is 7.09. The van der Waals surface area contributed by atoms with Gasteiger partial charge in [0.1, 0.15) is 12.3 Å². The zero-order valence-corrected chi connectivity index (χ0v) is 12.3. The number of furan rings is 1. The van der Waals surface area contributed by atoms with Gasteiger partial charge < -0.3 is 19.7 Å². The zero-order valence-electron chi connectivity index (χ0n) is 12.3. The summed E-state index contributed by atoms with van der Waals surface area (Å²) in [6.45, 7) is 7.22. The Balaban J connectivity index is 2.67. The van der Waals surface area contributed by atoms with Crippen molar-refractivity contribution in [1.29, 1.82) is 0 Å². The molecule has 6 heteroatoms. The van der Waals surface area contributed by atoms with Crippen LogP contribution < -0.4 is 5.32 Å². The quantitative estimate of drug-likeness (QED) is 0.816. The predicted octanol–water partition coefficient (Wildman–Crippen LogP) is 1.02. The Kier molecular flexibility index (Phi) is 5.76. The van der Waals surface area contributed by atoms with E-state index in [1.807, 2.05) is 13.8 Å². The van der Waals surface area contributed by atoms with Crippen LogP contribution in [0.15, 0.2) is 23.0 Å². The van der Waals surface area contributed by atoms with E-state index in [2.05, 4.69) is 5.32 Å². The van der Waals surface area contributed by atoms with E-state index in [1.54, 1.807) is 18.7 Å². The summed E-state index contributed by atoms with van der Waals surface area (Å²) in [5, 5.41) is 12.1. The van der Waals surface area contributed by atoms with Gasteiger partial charge in [-0.15, -0.1) is 0 Å². The summed E-state index contributed by atoms with van der Waals surface area (Å²) in [6, 6.07) is 0.812. The SMILES string of the molecule is CC(O)CN(C(=O)C(C)NC(=O)c1ccoc1)C(C)C. The second-order valence-electron chi connectivity index (χ2n) is 5.14. The fraction of sp³-hybridized carbons (Fsp3) is 0.571. The lowest BCUT2D eigenvalue weighted by atomic mass is 10.2. The molecule has 1 heterocycles. The zero-order chi connectivity index (χ0) is 15.3. The lowest BCUT2D eigenvalue weighted by molar-refractivity contribution is -0.136. The van der Waals surface area contributed by atoms with E-state index >= 15 is 0 Å². The molecule has 1 aromatic rings. The number of carbonyl (C=O) groups excluding carboxylic acids is 2. The average molecular weight is 282 g/mol. The molecule has 0 aromatic carbocycles. The molecule has 0 saturated heterocycles. The van der Waals surface area contributed by atoms with Gasteiger partial charge in [-0.3, -0.25) is 9.59 Å². The first-order valence-electron chi connectivity index (χ1n) is 6.64. The van der Waals surface area contributed by atoms with Crippen LogP contribution >= 0.6 is 0 Å². The van der Waals surface area contributed by atoms with Crippen molar-refractivity contribution in [2.75, 3.05) is 6.54 Å². The first kappa shape index (κ1) is 16.2. The van der Waals surface area contributed by atoms with Crippen LogP contribution in [0.25, 0.3) is 0 Å². The lowest BCUT2D eigenvalue weighted by Gasteiger charge is -2.30. The Morgan fingerprint density at radius 1 is 1.35 bits per heavy atom. The molecule has 1 aromatic heterocycles. The first-order chi connectivity index (χ1) is 9.32. The highest BCUT2D eigenvalue weighted by Crippen LogP contribution is 2.06. The minimum atomic E-state index is -0.668. The van der Waals surface area contributed by atoms with Gasteiger partial charge in [-0.05, 0) is 33.8 Å². The fourth-order valence-electron chi connectivity index (χ4n) is 1.82. The Hall–Kier alpha value is -1.82. The Morgan fingerprint density at radius 2 is 2.00 bits per heavy atom. The van der Waals surface area contributed by atoms with Crippen LogP contribution in [0.1, 0.15) is 38.1 Å². The summed E-state index contributed by atoms with van der Waals surface area (Å²) in [7, 11) is 0. The number of amides is 2. The molecule has 20 heavy (non-hydrogen) atoms. The van der Waals surface area contributed by atoms with Crippen LogP contribution in [0.3, 0.4) is 0 Å². The van der Waals surface area contributed by atoms with Gasteiger partial charge >= 0.3 is 0 Å². The summed E-state index contributed by atoms with van der Waals surface area (Å²) < 4.78 is 4.83. The van der Waals surface area contributed by atoms with Gasteiger partial charge in [0, 0.05) is 12.6 Å².